The molecule has 0 bridgehead atoms. The van der Waals surface area contributed by atoms with Crippen molar-refractivity contribution >= 4 is 35.0 Å². The van der Waals surface area contributed by atoms with Crippen molar-refractivity contribution in [1.82, 2.24) is 14.8 Å². The number of halogens is 3. The summed E-state index contributed by atoms with van der Waals surface area (Å²) in [6.45, 7) is 0. The van der Waals surface area contributed by atoms with Crippen molar-refractivity contribution in [3.05, 3.63) is 110 Å². The van der Waals surface area contributed by atoms with Crippen LogP contribution in [-0.4, -0.2) is 26.4 Å². The Bertz CT molecular complexity index is 1570. The smallest absolute Gasteiger partial charge is 0.339 e. The molecule has 13 heteroatoms. The maximum absolute atomic E-state index is 13.1. The Morgan fingerprint density at radius 2 is 1.83 bits per heavy atom. The predicted molar refractivity (Wildman–Crippen MR) is 124 cm³/mol. The summed E-state index contributed by atoms with van der Waals surface area (Å²) < 4.78 is 40.5. The number of benzene rings is 2. The summed E-state index contributed by atoms with van der Waals surface area (Å²) in [4.78, 5) is 40.2. The Balaban J connectivity index is 1.70. The molecule has 0 saturated heterocycles. The SMILES string of the molecule is O=C(N/N=C/c1c(Nc2cccc(C(F)(F)F)c2)nc2ccccn2c1=O)c1ccccc1[N+](=O)[O-]. The van der Waals surface area contributed by atoms with Gasteiger partial charge in [-0.15, -0.1) is 0 Å². The summed E-state index contributed by atoms with van der Waals surface area (Å²) in [6, 6.07) is 14.2. The second kappa shape index (κ2) is 9.66. The van der Waals surface area contributed by atoms with Gasteiger partial charge in [0.1, 0.15) is 22.6 Å². The maximum atomic E-state index is 13.1. The number of nitrogens with zero attached hydrogens (tertiary/aromatic N) is 4. The zero-order valence-electron chi connectivity index (χ0n) is 18.1. The number of nitrogens with one attached hydrogen (secondary N) is 2. The number of fused-ring (bicyclic) bond motifs is 1. The van der Waals surface area contributed by atoms with E-state index in [4.69, 9.17) is 0 Å². The molecule has 0 radical (unpaired) electrons. The van der Waals surface area contributed by atoms with Crippen LogP contribution >= 0.6 is 0 Å². The van der Waals surface area contributed by atoms with Crippen molar-refractivity contribution in [1.29, 1.82) is 0 Å². The molecule has 2 aromatic carbocycles. The van der Waals surface area contributed by atoms with E-state index in [0.717, 1.165) is 24.4 Å². The highest BCUT2D eigenvalue weighted by Crippen LogP contribution is 2.31. The Labute approximate surface area is 199 Å². The molecule has 36 heavy (non-hydrogen) atoms. The average Bonchev–Trinajstić information content (AvgIpc) is 2.85. The number of carbonyl (C=O) groups is 1. The molecule has 0 unspecified atom stereocenters. The monoisotopic (exact) mass is 496 g/mol. The standard InChI is InChI=1S/C23H15F3N6O4/c24-23(25,26)14-6-5-7-15(12-14)28-20-17(22(34)31-11-4-3-10-19(31)29-20)13-27-30-21(33)16-8-1-2-9-18(16)32(35)36/h1-13,28H,(H,30,33)/b27-13+. The van der Waals surface area contributed by atoms with Gasteiger partial charge in [-0.3, -0.25) is 24.1 Å². The molecule has 182 valence electrons. The number of para-hydroxylation sites is 1. The molecular weight excluding hydrogens is 481 g/mol. The molecule has 2 N–H and O–H groups in total. The van der Waals surface area contributed by atoms with Gasteiger partial charge in [0.2, 0.25) is 0 Å². The van der Waals surface area contributed by atoms with Gasteiger partial charge in [-0.2, -0.15) is 18.3 Å². The molecule has 0 aliphatic heterocycles. The van der Waals surface area contributed by atoms with Crippen molar-refractivity contribution < 1.29 is 22.9 Å². The second-order valence-corrected chi connectivity index (χ2v) is 7.29. The van der Waals surface area contributed by atoms with Gasteiger partial charge in [-0.25, -0.2) is 10.4 Å². The first-order valence-electron chi connectivity index (χ1n) is 10.2. The van der Waals surface area contributed by atoms with Gasteiger partial charge < -0.3 is 5.32 Å². The van der Waals surface area contributed by atoms with E-state index in [1.807, 2.05) is 0 Å². The molecule has 0 fully saturated rings. The fourth-order valence-electron chi connectivity index (χ4n) is 3.26. The van der Waals surface area contributed by atoms with E-state index in [9.17, 15) is 32.9 Å². The predicted octanol–water partition coefficient (Wildman–Crippen LogP) is 4.13. The van der Waals surface area contributed by atoms with Crippen LogP contribution in [0, 0.1) is 10.1 Å². The minimum Gasteiger partial charge on any atom is -0.339 e. The van der Waals surface area contributed by atoms with Gasteiger partial charge in [0.25, 0.3) is 17.2 Å². The molecule has 2 heterocycles. The average molecular weight is 496 g/mol. The summed E-state index contributed by atoms with van der Waals surface area (Å²) in [7, 11) is 0. The zero-order valence-corrected chi connectivity index (χ0v) is 18.1. The third-order valence-corrected chi connectivity index (χ3v) is 4.93. The summed E-state index contributed by atoms with van der Waals surface area (Å²) in [6.07, 6.45) is -2.19. The first-order chi connectivity index (χ1) is 17.1. The number of nitro groups is 1. The third-order valence-electron chi connectivity index (χ3n) is 4.93. The topological polar surface area (TPSA) is 131 Å². The Kier molecular flexibility index (Phi) is 6.46. The Morgan fingerprint density at radius 3 is 2.58 bits per heavy atom. The summed E-state index contributed by atoms with van der Waals surface area (Å²) in [5, 5.41) is 17.6. The number of carbonyl (C=O) groups excluding carboxylic acids is 1. The number of nitro benzene ring substituents is 1. The summed E-state index contributed by atoms with van der Waals surface area (Å²) in [5.74, 6) is -1.02. The lowest BCUT2D eigenvalue weighted by molar-refractivity contribution is -0.385. The highest BCUT2D eigenvalue weighted by Gasteiger charge is 2.30. The molecular formula is C23H15F3N6O4. The number of anilines is 2. The third kappa shape index (κ3) is 5.04. The van der Waals surface area contributed by atoms with Crippen molar-refractivity contribution in [2.24, 2.45) is 5.10 Å². The van der Waals surface area contributed by atoms with Crippen LogP contribution in [-0.2, 0) is 6.18 Å². The van der Waals surface area contributed by atoms with Crippen LogP contribution in [0.25, 0.3) is 5.65 Å². The zero-order chi connectivity index (χ0) is 25.9. The molecule has 0 spiro atoms. The number of hydrazone groups is 1. The van der Waals surface area contributed by atoms with Crippen molar-refractivity contribution in [3.63, 3.8) is 0 Å². The highest BCUT2D eigenvalue weighted by molar-refractivity contribution is 5.98. The van der Waals surface area contributed by atoms with E-state index in [0.29, 0.717) is 0 Å². The normalized spacial score (nSPS) is 11.5. The van der Waals surface area contributed by atoms with Crippen molar-refractivity contribution in [2.75, 3.05) is 5.32 Å². The summed E-state index contributed by atoms with van der Waals surface area (Å²) >= 11 is 0. The largest absolute Gasteiger partial charge is 0.416 e. The number of alkyl halides is 3. The number of aromatic nitrogens is 2. The first-order valence-corrected chi connectivity index (χ1v) is 10.2. The van der Waals surface area contributed by atoms with Gasteiger partial charge in [0.15, 0.2) is 0 Å². The molecule has 0 aliphatic carbocycles. The molecule has 4 aromatic rings. The number of pyridine rings is 1. The van der Waals surface area contributed by atoms with Gasteiger partial charge in [0, 0.05) is 18.0 Å². The number of amides is 1. The molecule has 4 rings (SSSR count). The van der Waals surface area contributed by atoms with E-state index in [2.05, 4.69) is 20.8 Å². The van der Waals surface area contributed by atoms with Crippen LogP contribution in [0.3, 0.4) is 0 Å². The van der Waals surface area contributed by atoms with Gasteiger partial charge in [-0.1, -0.05) is 24.3 Å². The molecule has 1 amide bonds. The molecule has 0 saturated carbocycles. The van der Waals surface area contributed by atoms with Crippen LogP contribution < -0.4 is 16.3 Å². The van der Waals surface area contributed by atoms with Gasteiger partial charge in [0.05, 0.1) is 16.7 Å². The minimum atomic E-state index is -4.58. The van der Waals surface area contributed by atoms with Crippen LogP contribution in [0.2, 0.25) is 0 Å². The van der Waals surface area contributed by atoms with Crippen LogP contribution in [0.15, 0.2) is 82.8 Å². The molecule has 0 atom stereocenters. The number of rotatable bonds is 6. The second-order valence-electron chi connectivity index (χ2n) is 7.29. The lowest BCUT2D eigenvalue weighted by Gasteiger charge is -2.12. The minimum absolute atomic E-state index is 0.00982. The van der Waals surface area contributed by atoms with Crippen LogP contribution in [0.4, 0.5) is 30.4 Å². The van der Waals surface area contributed by atoms with Crippen LogP contribution in [0.1, 0.15) is 21.5 Å². The quantitative estimate of drug-likeness (QED) is 0.235. The van der Waals surface area contributed by atoms with E-state index < -0.39 is 33.8 Å². The molecule has 2 aromatic heterocycles. The van der Waals surface area contributed by atoms with E-state index in [1.54, 1.807) is 12.1 Å². The van der Waals surface area contributed by atoms with E-state index >= 15 is 0 Å². The highest BCUT2D eigenvalue weighted by atomic mass is 19.4. The Hall–Kier alpha value is -5.07. The molecule has 0 aliphatic rings. The van der Waals surface area contributed by atoms with Crippen LogP contribution in [0.5, 0.6) is 0 Å². The lowest BCUT2D eigenvalue weighted by atomic mass is 10.2. The fraction of sp³-hybridized carbons (Fsp3) is 0.0435. The lowest BCUT2D eigenvalue weighted by Crippen LogP contribution is -2.23. The first kappa shape index (κ1) is 24.1. The Morgan fingerprint density at radius 1 is 1.08 bits per heavy atom. The van der Waals surface area contributed by atoms with Gasteiger partial charge in [-0.05, 0) is 36.4 Å². The van der Waals surface area contributed by atoms with Crippen molar-refractivity contribution in [3.8, 4) is 0 Å². The van der Waals surface area contributed by atoms with Gasteiger partial charge >= 0.3 is 6.18 Å². The fourth-order valence-corrected chi connectivity index (χ4v) is 3.26. The van der Waals surface area contributed by atoms with E-state index in [-0.39, 0.29) is 28.3 Å². The maximum Gasteiger partial charge on any atom is 0.416 e. The molecule has 10 nitrogen and oxygen atoms in total. The number of hydrogen-bond donors (Lipinski definition) is 2. The number of hydrogen-bond acceptors (Lipinski definition) is 7. The summed E-state index contributed by atoms with van der Waals surface area (Å²) in [5.41, 5.74) is -0.0798. The van der Waals surface area contributed by atoms with Crippen molar-refractivity contribution in [2.45, 2.75) is 6.18 Å². The van der Waals surface area contributed by atoms with E-state index in [1.165, 1.54) is 47.0 Å².